The van der Waals surface area contributed by atoms with Gasteiger partial charge in [0.05, 0.1) is 19.0 Å². The van der Waals surface area contributed by atoms with Crippen LogP contribution in [0.15, 0.2) is 47.6 Å². The normalized spacial score (nSPS) is 17.3. The Morgan fingerprint density at radius 2 is 2.00 bits per heavy atom. The predicted octanol–water partition coefficient (Wildman–Crippen LogP) is 2.42. The standard InChI is InChI=1S/C19H18N4O3S/c1-3-12-4-6-13(7-5-12)23-18(25)15(17(24)22-19(23)27)11-21-16-9-8-14(26-2)10-20-16/h4-11,15H,3H2,1-2H3,(H,22,24,27)/t15-/m1/s1. The number of amides is 2. The molecule has 7 nitrogen and oxygen atoms in total. The van der Waals surface area contributed by atoms with Crippen LogP contribution in [-0.4, -0.2) is 35.2 Å². The molecule has 2 heterocycles. The summed E-state index contributed by atoms with van der Waals surface area (Å²) >= 11 is 5.19. The minimum Gasteiger partial charge on any atom is -0.495 e. The molecule has 0 radical (unpaired) electrons. The third kappa shape index (κ3) is 4.01. The van der Waals surface area contributed by atoms with Crippen molar-refractivity contribution >= 4 is 46.9 Å². The van der Waals surface area contributed by atoms with Crippen molar-refractivity contribution in [3.8, 4) is 5.75 Å². The average Bonchev–Trinajstić information content (AvgIpc) is 2.68. The van der Waals surface area contributed by atoms with Gasteiger partial charge < -0.3 is 10.1 Å². The Balaban J connectivity index is 1.83. The molecular weight excluding hydrogens is 364 g/mol. The largest absolute Gasteiger partial charge is 0.495 e. The summed E-state index contributed by atoms with van der Waals surface area (Å²) in [6.45, 7) is 2.05. The Morgan fingerprint density at radius 3 is 2.59 bits per heavy atom. The molecule has 1 atom stereocenters. The van der Waals surface area contributed by atoms with Crippen LogP contribution in [0.4, 0.5) is 11.5 Å². The van der Waals surface area contributed by atoms with Gasteiger partial charge in [-0.15, -0.1) is 0 Å². The Morgan fingerprint density at radius 1 is 1.26 bits per heavy atom. The smallest absolute Gasteiger partial charge is 0.251 e. The number of methoxy groups -OCH3 is 1. The van der Waals surface area contributed by atoms with E-state index in [4.69, 9.17) is 17.0 Å². The molecule has 1 aromatic heterocycles. The highest BCUT2D eigenvalue weighted by atomic mass is 32.1. The lowest BCUT2D eigenvalue weighted by atomic mass is 10.1. The predicted molar refractivity (Wildman–Crippen MR) is 106 cm³/mol. The van der Waals surface area contributed by atoms with Crippen molar-refractivity contribution in [3.05, 3.63) is 48.2 Å². The van der Waals surface area contributed by atoms with Crippen LogP contribution in [-0.2, 0) is 16.0 Å². The van der Waals surface area contributed by atoms with Crippen LogP contribution in [0.2, 0.25) is 0 Å². The van der Waals surface area contributed by atoms with Gasteiger partial charge in [0.15, 0.2) is 16.8 Å². The number of aryl methyl sites for hydroxylation is 1. The van der Waals surface area contributed by atoms with Crippen molar-refractivity contribution in [2.75, 3.05) is 12.0 Å². The van der Waals surface area contributed by atoms with Crippen LogP contribution < -0.4 is 15.0 Å². The molecule has 0 spiro atoms. The zero-order valence-corrected chi connectivity index (χ0v) is 15.7. The zero-order valence-electron chi connectivity index (χ0n) is 14.9. The van der Waals surface area contributed by atoms with E-state index in [9.17, 15) is 9.59 Å². The third-order valence-corrected chi connectivity index (χ3v) is 4.40. The number of aromatic nitrogens is 1. The maximum Gasteiger partial charge on any atom is 0.251 e. The molecule has 1 N–H and O–H groups in total. The van der Waals surface area contributed by atoms with Crippen molar-refractivity contribution < 1.29 is 14.3 Å². The first-order chi connectivity index (χ1) is 13.0. The van der Waals surface area contributed by atoms with E-state index >= 15 is 0 Å². The summed E-state index contributed by atoms with van der Waals surface area (Å²) in [5, 5.41) is 2.61. The molecule has 0 saturated carbocycles. The van der Waals surface area contributed by atoms with E-state index in [2.05, 4.69) is 15.3 Å². The number of carbonyl (C=O) groups excluding carboxylic acids is 2. The van der Waals surface area contributed by atoms with Crippen molar-refractivity contribution in [2.45, 2.75) is 13.3 Å². The van der Waals surface area contributed by atoms with Gasteiger partial charge in [-0.2, -0.15) is 0 Å². The molecule has 2 aromatic rings. The lowest BCUT2D eigenvalue weighted by Gasteiger charge is -2.31. The molecule has 1 aromatic carbocycles. The van der Waals surface area contributed by atoms with Crippen molar-refractivity contribution in [2.24, 2.45) is 10.9 Å². The molecule has 1 fully saturated rings. The summed E-state index contributed by atoms with van der Waals surface area (Å²) < 4.78 is 5.04. The van der Waals surface area contributed by atoms with Gasteiger partial charge in [-0.1, -0.05) is 19.1 Å². The Bertz CT molecular complexity index is 894. The fourth-order valence-electron chi connectivity index (χ4n) is 2.57. The van der Waals surface area contributed by atoms with E-state index in [1.165, 1.54) is 24.4 Å². The number of thiocarbonyl (C=S) groups is 1. The lowest BCUT2D eigenvalue weighted by molar-refractivity contribution is -0.130. The summed E-state index contributed by atoms with van der Waals surface area (Å²) in [5.74, 6) is -1.10. The van der Waals surface area contributed by atoms with Crippen LogP contribution in [0.5, 0.6) is 5.75 Å². The van der Waals surface area contributed by atoms with Crippen LogP contribution in [0, 0.1) is 5.92 Å². The van der Waals surface area contributed by atoms with Crippen LogP contribution in [0.1, 0.15) is 12.5 Å². The molecule has 1 aliphatic heterocycles. The maximum atomic E-state index is 12.9. The monoisotopic (exact) mass is 382 g/mol. The molecule has 138 valence electrons. The maximum absolute atomic E-state index is 12.9. The third-order valence-electron chi connectivity index (χ3n) is 4.12. The minimum absolute atomic E-state index is 0.0569. The van der Waals surface area contributed by atoms with Gasteiger partial charge >= 0.3 is 0 Å². The molecule has 3 rings (SSSR count). The van der Waals surface area contributed by atoms with Gasteiger partial charge in [0.1, 0.15) is 5.75 Å². The summed E-state index contributed by atoms with van der Waals surface area (Å²) in [7, 11) is 1.54. The number of ether oxygens (including phenoxy) is 1. The van der Waals surface area contributed by atoms with E-state index in [0.29, 0.717) is 17.3 Å². The SMILES string of the molecule is CCc1ccc(N2C(=O)[C@H](C=Nc3ccc(OC)cn3)C(=O)NC2=S)cc1. The second-order valence-electron chi connectivity index (χ2n) is 5.80. The summed E-state index contributed by atoms with van der Waals surface area (Å²) in [6.07, 6.45) is 3.67. The van der Waals surface area contributed by atoms with E-state index in [0.717, 1.165) is 12.0 Å². The zero-order chi connectivity index (χ0) is 19.4. The fourth-order valence-corrected chi connectivity index (χ4v) is 2.86. The highest BCUT2D eigenvalue weighted by Crippen LogP contribution is 2.22. The molecule has 0 aliphatic carbocycles. The van der Waals surface area contributed by atoms with Gasteiger partial charge in [-0.3, -0.25) is 14.5 Å². The number of nitrogens with one attached hydrogen (secondary N) is 1. The Kier molecular flexibility index (Phi) is 5.56. The number of nitrogens with zero attached hydrogens (tertiary/aromatic N) is 3. The topological polar surface area (TPSA) is 83.9 Å². The number of carbonyl (C=O) groups is 2. The van der Waals surface area contributed by atoms with Gasteiger partial charge in [-0.25, -0.2) is 9.98 Å². The first-order valence-electron chi connectivity index (χ1n) is 8.35. The molecule has 2 amide bonds. The minimum atomic E-state index is -1.09. The number of aliphatic imine (C=N–C) groups is 1. The summed E-state index contributed by atoms with van der Waals surface area (Å²) in [4.78, 5) is 34.7. The van der Waals surface area contributed by atoms with Crippen molar-refractivity contribution in [1.29, 1.82) is 0 Å². The number of anilines is 1. The highest BCUT2D eigenvalue weighted by Gasteiger charge is 2.38. The number of hydrogen-bond acceptors (Lipinski definition) is 6. The van der Waals surface area contributed by atoms with E-state index in [-0.39, 0.29) is 5.11 Å². The van der Waals surface area contributed by atoms with Gasteiger partial charge in [0.2, 0.25) is 5.91 Å². The van der Waals surface area contributed by atoms with E-state index in [1.807, 2.05) is 19.1 Å². The number of benzene rings is 1. The second kappa shape index (κ2) is 8.05. The van der Waals surface area contributed by atoms with Gasteiger partial charge in [0, 0.05) is 6.21 Å². The quantitative estimate of drug-likeness (QED) is 0.488. The molecule has 1 saturated heterocycles. The molecular formula is C19H18N4O3S. The summed E-state index contributed by atoms with van der Waals surface area (Å²) in [6, 6.07) is 10.8. The number of hydrogen-bond donors (Lipinski definition) is 1. The van der Waals surface area contributed by atoms with Crippen molar-refractivity contribution in [3.63, 3.8) is 0 Å². The first kappa shape index (κ1) is 18.7. The van der Waals surface area contributed by atoms with Crippen molar-refractivity contribution in [1.82, 2.24) is 10.3 Å². The van der Waals surface area contributed by atoms with E-state index in [1.54, 1.807) is 24.3 Å². The molecule has 27 heavy (non-hydrogen) atoms. The summed E-state index contributed by atoms with van der Waals surface area (Å²) in [5.41, 5.74) is 1.74. The number of pyridine rings is 1. The van der Waals surface area contributed by atoms with Crippen LogP contribution in [0.25, 0.3) is 0 Å². The van der Waals surface area contributed by atoms with Gasteiger partial charge in [-0.05, 0) is 48.5 Å². The fraction of sp³-hybridized carbons (Fsp3) is 0.211. The molecule has 0 unspecified atom stereocenters. The second-order valence-corrected chi connectivity index (χ2v) is 6.19. The Labute approximate surface area is 162 Å². The van der Waals surface area contributed by atoms with Gasteiger partial charge in [0.25, 0.3) is 5.91 Å². The van der Waals surface area contributed by atoms with Crippen LogP contribution in [0.3, 0.4) is 0 Å². The number of rotatable bonds is 5. The van der Waals surface area contributed by atoms with Crippen LogP contribution >= 0.6 is 12.2 Å². The molecule has 8 heteroatoms. The molecule has 0 bridgehead atoms. The lowest BCUT2D eigenvalue weighted by Crippen LogP contribution is -2.58. The Hall–Kier alpha value is -3.13. The van der Waals surface area contributed by atoms with E-state index < -0.39 is 17.7 Å². The highest BCUT2D eigenvalue weighted by molar-refractivity contribution is 7.80. The average molecular weight is 382 g/mol. The first-order valence-corrected chi connectivity index (χ1v) is 8.76. The molecule has 1 aliphatic rings.